The second kappa shape index (κ2) is 4.98. The van der Waals surface area contributed by atoms with Gasteiger partial charge in [-0.25, -0.2) is 4.79 Å². The number of esters is 1. The van der Waals surface area contributed by atoms with E-state index >= 15 is 0 Å². The molecule has 0 amide bonds. The molecule has 1 heterocycles. The number of carbonyl (C=O) groups is 1. The van der Waals surface area contributed by atoms with Gasteiger partial charge in [0, 0.05) is 11.6 Å². The maximum absolute atomic E-state index is 12.4. The van der Waals surface area contributed by atoms with Gasteiger partial charge in [-0.1, -0.05) is 0 Å². The van der Waals surface area contributed by atoms with Crippen LogP contribution in [-0.4, -0.2) is 30.8 Å². The zero-order valence-electron chi connectivity index (χ0n) is 11.5. The minimum atomic E-state index is -0.943. The average Bonchev–Trinajstić information content (AvgIpc) is 3.19. The summed E-state index contributed by atoms with van der Waals surface area (Å²) in [5, 5.41) is 12.9. The van der Waals surface area contributed by atoms with Gasteiger partial charge in [-0.3, -0.25) is 5.32 Å². The van der Waals surface area contributed by atoms with Crippen molar-refractivity contribution in [3.63, 3.8) is 0 Å². The highest BCUT2D eigenvalue weighted by Gasteiger charge is 2.49. The Morgan fingerprint density at radius 3 is 3.05 bits per heavy atom. The minimum absolute atomic E-state index is 0.130. The van der Waals surface area contributed by atoms with Gasteiger partial charge < -0.3 is 14.6 Å². The zero-order valence-corrected chi connectivity index (χ0v) is 11.5. The van der Waals surface area contributed by atoms with Gasteiger partial charge in [-0.15, -0.1) is 0 Å². The summed E-state index contributed by atoms with van der Waals surface area (Å²) in [6.45, 7) is 3.11. The van der Waals surface area contributed by atoms with Gasteiger partial charge in [0.25, 0.3) is 0 Å². The molecule has 0 bridgehead atoms. The molecule has 2 aliphatic rings. The van der Waals surface area contributed by atoms with E-state index in [2.05, 4.69) is 5.32 Å². The summed E-state index contributed by atoms with van der Waals surface area (Å²) in [5.74, 6) is 1.000. The number of aromatic hydroxyl groups is 1. The summed E-state index contributed by atoms with van der Waals surface area (Å²) in [6, 6.07) is 4.84. The normalized spacial score (nSPS) is 24.1. The van der Waals surface area contributed by atoms with E-state index in [1.807, 2.05) is 0 Å². The number of fused-ring (bicyclic) bond motifs is 1. The molecular weight excluding hydrogens is 258 g/mol. The van der Waals surface area contributed by atoms with Gasteiger partial charge in [-0.2, -0.15) is 0 Å². The number of phenols is 1. The van der Waals surface area contributed by atoms with Crippen molar-refractivity contribution in [3.05, 3.63) is 23.8 Å². The number of hydrogen-bond donors (Lipinski definition) is 2. The summed E-state index contributed by atoms with van der Waals surface area (Å²) in [6.07, 6.45) is 2.41. The predicted octanol–water partition coefficient (Wildman–Crippen LogP) is 1.54. The molecular formula is C15H19NO4. The monoisotopic (exact) mass is 277 g/mol. The van der Waals surface area contributed by atoms with E-state index in [-0.39, 0.29) is 18.3 Å². The van der Waals surface area contributed by atoms with E-state index in [0.717, 1.165) is 12.1 Å². The molecule has 108 valence electrons. The number of rotatable bonds is 5. The maximum Gasteiger partial charge on any atom is 0.334 e. The third-order valence-electron chi connectivity index (χ3n) is 3.88. The molecule has 5 heteroatoms. The smallest absolute Gasteiger partial charge is 0.334 e. The molecule has 1 fully saturated rings. The van der Waals surface area contributed by atoms with Crippen molar-refractivity contribution in [2.75, 3.05) is 19.8 Å². The van der Waals surface area contributed by atoms with Crippen molar-refractivity contribution in [1.82, 2.24) is 5.32 Å². The summed E-state index contributed by atoms with van der Waals surface area (Å²) in [7, 11) is 0. The lowest BCUT2D eigenvalue weighted by atomic mass is 9.91. The standard InChI is InChI=1S/C15H19NO4/c1-2-19-14(18)15(16-8-10-3-4-10)9-20-13-7-11(17)5-6-12(13)15/h5-7,10,16-17H,2-4,8-9H2,1H3. The third-order valence-corrected chi connectivity index (χ3v) is 3.88. The first-order valence-electron chi connectivity index (χ1n) is 7.04. The van der Waals surface area contributed by atoms with E-state index in [4.69, 9.17) is 9.47 Å². The fraction of sp³-hybridized carbons (Fsp3) is 0.533. The van der Waals surface area contributed by atoms with Gasteiger partial charge >= 0.3 is 5.97 Å². The highest BCUT2D eigenvalue weighted by Crippen LogP contribution is 2.41. The molecule has 5 nitrogen and oxygen atoms in total. The second-order valence-electron chi connectivity index (χ2n) is 5.42. The highest BCUT2D eigenvalue weighted by molar-refractivity contribution is 5.85. The second-order valence-corrected chi connectivity index (χ2v) is 5.42. The predicted molar refractivity (Wildman–Crippen MR) is 72.6 cm³/mol. The first-order valence-corrected chi connectivity index (χ1v) is 7.04. The number of hydrogen-bond acceptors (Lipinski definition) is 5. The molecule has 1 aliphatic carbocycles. The highest BCUT2D eigenvalue weighted by atomic mass is 16.5. The zero-order chi connectivity index (χ0) is 14.2. The Labute approximate surface area is 117 Å². The molecule has 1 atom stereocenters. The molecule has 0 saturated heterocycles. The Kier molecular flexibility index (Phi) is 3.30. The first-order chi connectivity index (χ1) is 9.65. The topological polar surface area (TPSA) is 67.8 Å². The number of phenolic OH excluding ortho intramolecular Hbond substituents is 1. The molecule has 3 rings (SSSR count). The van der Waals surface area contributed by atoms with Gasteiger partial charge in [0.2, 0.25) is 0 Å². The number of carbonyl (C=O) groups excluding carboxylic acids is 1. The van der Waals surface area contributed by atoms with Crippen molar-refractivity contribution >= 4 is 5.97 Å². The van der Waals surface area contributed by atoms with Crippen LogP contribution < -0.4 is 10.1 Å². The largest absolute Gasteiger partial charge is 0.508 e. The number of ether oxygens (including phenoxy) is 2. The third kappa shape index (κ3) is 2.22. The quantitative estimate of drug-likeness (QED) is 0.799. The molecule has 1 saturated carbocycles. The van der Waals surface area contributed by atoms with Crippen LogP contribution in [0.2, 0.25) is 0 Å². The van der Waals surface area contributed by atoms with E-state index in [1.54, 1.807) is 19.1 Å². The van der Waals surface area contributed by atoms with Gasteiger partial charge in [-0.05, 0) is 44.4 Å². The number of nitrogens with one attached hydrogen (secondary N) is 1. The Balaban J connectivity index is 1.92. The summed E-state index contributed by atoms with van der Waals surface area (Å²) >= 11 is 0. The molecule has 0 radical (unpaired) electrons. The van der Waals surface area contributed by atoms with Crippen LogP contribution in [0.4, 0.5) is 0 Å². The molecule has 2 N–H and O–H groups in total. The number of benzene rings is 1. The fourth-order valence-electron chi connectivity index (χ4n) is 2.53. The van der Waals surface area contributed by atoms with E-state index in [0.29, 0.717) is 18.3 Å². The fourth-order valence-corrected chi connectivity index (χ4v) is 2.53. The molecule has 1 unspecified atom stereocenters. The summed E-state index contributed by atoms with van der Waals surface area (Å²) < 4.78 is 10.8. The summed E-state index contributed by atoms with van der Waals surface area (Å²) in [5.41, 5.74) is -0.198. The van der Waals surface area contributed by atoms with Crippen molar-refractivity contribution < 1.29 is 19.4 Å². The molecule has 1 aliphatic heterocycles. The van der Waals surface area contributed by atoms with Crippen molar-refractivity contribution in [2.45, 2.75) is 25.3 Å². The van der Waals surface area contributed by atoms with Gasteiger partial charge in [0.05, 0.1) is 6.61 Å². The molecule has 20 heavy (non-hydrogen) atoms. The molecule has 1 aromatic rings. The summed E-state index contributed by atoms with van der Waals surface area (Å²) in [4.78, 5) is 12.4. The van der Waals surface area contributed by atoms with Crippen molar-refractivity contribution in [1.29, 1.82) is 0 Å². The van der Waals surface area contributed by atoms with E-state index < -0.39 is 5.54 Å². The van der Waals surface area contributed by atoms with Crippen LogP contribution in [0, 0.1) is 5.92 Å². The van der Waals surface area contributed by atoms with Crippen molar-refractivity contribution in [3.8, 4) is 11.5 Å². The van der Waals surface area contributed by atoms with Crippen molar-refractivity contribution in [2.24, 2.45) is 5.92 Å². The molecule has 1 aromatic carbocycles. The van der Waals surface area contributed by atoms with Crippen LogP contribution in [0.25, 0.3) is 0 Å². The van der Waals surface area contributed by atoms with E-state index in [1.165, 1.54) is 18.9 Å². The Morgan fingerprint density at radius 2 is 2.35 bits per heavy atom. The van der Waals surface area contributed by atoms with Crippen LogP contribution in [0.5, 0.6) is 11.5 Å². The van der Waals surface area contributed by atoms with Gasteiger partial charge in [0.1, 0.15) is 18.1 Å². The van der Waals surface area contributed by atoms with Gasteiger partial charge in [0.15, 0.2) is 5.54 Å². The van der Waals surface area contributed by atoms with E-state index in [9.17, 15) is 9.90 Å². The average molecular weight is 277 g/mol. The maximum atomic E-state index is 12.4. The Hall–Kier alpha value is -1.75. The first kappa shape index (κ1) is 13.2. The SMILES string of the molecule is CCOC(=O)C1(NCC2CC2)COc2cc(O)ccc21. The lowest BCUT2D eigenvalue weighted by molar-refractivity contribution is -0.152. The van der Waals surface area contributed by atoms with Crippen LogP contribution in [0.1, 0.15) is 25.3 Å². The van der Waals surface area contributed by atoms with Crippen LogP contribution in [-0.2, 0) is 15.1 Å². The lowest BCUT2D eigenvalue weighted by Gasteiger charge is -2.27. The van der Waals surface area contributed by atoms with Crippen LogP contribution in [0.3, 0.4) is 0 Å². The van der Waals surface area contributed by atoms with Crippen LogP contribution in [0.15, 0.2) is 18.2 Å². The Bertz CT molecular complexity index is 527. The Morgan fingerprint density at radius 1 is 1.55 bits per heavy atom. The minimum Gasteiger partial charge on any atom is -0.508 e. The van der Waals surface area contributed by atoms with Crippen LogP contribution >= 0.6 is 0 Å². The molecule has 0 spiro atoms. The molecule has 0 aromatic heterocycles. The lowest BCUT2D eigenvalue weighted by Crippen LogP contribution is -2.52.